The van der Waals surface area contributed by atoms with Crippen LogP contribution in [-0.4, -0.2) is 106 Å². The Bertz CT molecular complexity index is 1550. The summed E-state index contributed by atoms with van der Waals surface area (Å²) in [4.78, 5) is 38.0. The third-order valence-corrected chi connectivity index (χ3v) is 8.68. The first-order valence-corrected chi connectivity index (χ1v) is 15.9. The predicted octanol–water partition coefficient (Wildman–Crippen LogP) is 4.76. The number of hydrogen-bond acceptors (Lipinski definition) is 10. The molecule has 4 heterocycles. The summed E-state index contributed by atoms with van der Waals surface area (Å²) in [6.07, 6.45) is 4.69. The fourth-order valence-electron chi connectivity index (χ4n) is 6.75. The van der Waals surface area contributed by atoms with Gasteiger partial charge in [0.2, 0.25) is 11.8 Å². The Labute approximate surface area is 294 Å². The quantitative estimate of drug-likeness (QED) is 0.218. The van der Waals surface area contributed by atoms with E-state index in [0.29, 0.717) is 50.3 Å². The summed E-state index contributed by atoms with van der Waals surface area (Å²) in [5.74, 6) is 0.915. The lowest BCUT2D eigenvalue weighted by Gasteiger charge is -2.53. The van der Waals surface area contributed by atoms with E-state index in [-0.39, 0.29) is 54.7 Å². The summed E-state index contributed by atoms with van der Waals surface area (Å²) >= 11 is 0. The molecule has 48 heavy (non-hydrogen) atoms. The van der Waals surface area contributed by atoms with Crippen molar-refractivity contribution in [3.8, 4) is 17.8 Å². The molecule has 2 aromatic carbocycles. The van der Waals surface area contributed by atoms with Crippen LogP contribution in [0.2, 0.25) is 0 Å². The lowest BCUT2D eigenvalue weighted by molar-refractivity contribution is -0.0293. The lowest BCUT2D eigenvalue weighted by atomic mass is 9.81. The number of ether oxygens (including phenoxy) is 3. The van der Waals surface area contributed by atoms with Gasteiger partial charge in [-0.15, -0.1) is 24.8 Å². The second kappa shape index (κ2) is 17.4. The molecule has 13 heteroatoms. The van der Waals surface area contributed by atoms with E-state index in [2.05, 4.69) is 90.4 Å². The summed E-state index contributed by atoms with van der Waals surface area (Å²) in [5, 5.41) is 0. The van der Waals surface area contributed by atoms with Gasteiger partial charge in [0.25, 0.3) is 5.91 Å². The number of carbonyl (C=O) groups is 1. The fourth-order valence-corrected chi connectivity index (χ4v) is 6.75. The zero-order chi connectivity index (χ0) is 31.9. The van der Waals surface area contributed by atoms with Gasteiger partial charge in [-0.2, -0.15) is 9.97 Å². The van der Waals surface area contributed by atoms with Gasteiger partial charge in [-0.05, 0) is 25.0 Å². The highest BCUT2D eigenvalue weighted by Gasteiger charge is 2.43. The fraction of sp³-hybridized carbons (Fsp3) is 0.400. The number of carbonyl (C=O) groups excluding carboxylic acids is 1. The molecule has 4 aromatic rings. The van der Waals surface area contributed by atoms with E-state index < -0.39 is 0 Å². The van der Waals surface area contributed by atoms with Crippen molar-refractivity contribution in [2.24, 2.45) is 0 Å². The van der Waals surface area contributed by atoms with Crippen molar-refractivity contribution < 1.29 is 19.0 Å². The zero-order valence-electron chi connectivity index (χ0n) is 27.5. The Morgan fingerprint density at radius 3 is 2.12 bits per heavy atom. The molecule has 2 aliphatic rings. The normalized spacial score (nSPS) is 17.9. The van der Waals surface area contributed by atoms with E-state index in [4.69, 9.17) is 14.2 Å². The standard InChI is InChI=1S/C35H41N7O4.2ClH/c1-4-45-33-28(32(44-3)38-35(39-33)46-5-2)23-40-21-27-22-41(34(43)29-20-36-16-17-37-29)18-19-42(27)30(24-40)31(25-12-8-6-9-13-25)26-14-10-7-11-15-26;;/h6-17,20,27,30-31H,4-5,18-19,21-24H2,1-3H3;2*1H/t27-,30?;;/m1../s1. The first-order chi connectivity index (χ1) is 22.6. The number of methoxy groups -OCH3 is 1. The topological polar surface area (TPSA) is 106 Å². The van der Waals surface area contributed by atoms with Gasteiger partial charge in [0, 0.05) is 69.7 Å². The van der Waals surface area contributed by atoms with Gasteiger partial charge in [-0.25, -0.2) is 4.98 Å². The van der Waals surface area contributed by atoms with Crippen molar-refractivity contribution in [2.45, 2.75) is 38.4 Å². The molecule has 2 aliphatic heterocycles. The summed E-state index contributed by atoms with van der Waals surface area (Å²) < 4.78 is 17.4. The average Bonchev–Trinajstić information content (AvgIpc) is 3.10. The summed E-state index contributed by atoms with van der Waals surface area (Å²) in [5.41, 5.74) is 3.66. The number of aromatic nitrogens is 4. The predicted molar refractivity (Wildman–Crippen MR) is 188 cm³/mol. The van der Waals surface area contributed by atoms with E-state index in [1.807, 2.05) is 18.7 Å². The molecule has 0 aliphatic carbocycles. The third-order valence-electron chi connectivity index (χ3n) is 8.68. The molecule has 0 saturated carbocycles. The third kappa shape index (κ3) is 8.15. The number of rotatable bonds is 11. The molecule has 0 radical (unpaired) electrons. The van der Waals surface area contributed by atoms with E-state index in [1.54, 1.807) is 25.7 Å². The molecular formula is C35H43Cl2N7O4. The van der Waals surface area contributed by atoms with Crippen LogP contribution < -0.4 is 14.2 Å². The maximum Gasteiger partial charge on any atom is 0.323 e. The molecule has 2 fully saturated rings. The van der Waals surface area contributed by atoms with Gasteiger partial charge in [-0.3, -0.25) is 19.6 Å². The Morgan fingerprint density at radius 1 is 0.854 bits per heavy atom. The number of amides is 1. The SMILES string of the molecule is CCOc1nc(OC)c(CN2CC(C(c3ccccc3)c3ccccc3)N3CCN(C(=O)c4cnccn4)C[C@H]3C2)c(OCC)n1.Cl.Cl. The van der Waals surface area contributed by atoms with Crippen LogP contribution in [0.1, 0.15) is 46.9 Å². The monoisotopic (exact) mass is 695 g/mol. The van der Waals surface area contributed by atoms with Gasteiger partial charge in [-0.1, -0.05) is 60.7 Å². The largest absolute Gasteiger partial charge is 0.481 e. The van der Waals surface area contributed by atoms with Crippen LogP contribution in [0.3, 0.4) is 0 Å². The highest BCUT2D eigenvalue weighted by Crippen LogP contribution is 2.37. The van der Waals surface area contributed by atoms with Crippen LogP contribution in [-0.2, 0) is 6.54 Å². The number of fused-ring (bicyclic) bond motifs is 1. The van der Waals surface area contributed by atoms with Crippen LogP contribution in [0, 0.1) is 0 Å². The lowest BCUT2D eigenvalue weighted by Crippen LogP contribution is -2.67. The Kier molecular flexibility index (Phi) is 13.3. The first-order valence-electron chi connectivity index (χ1n) is 15.9. The molecule has 1 unspecified atom stereocenters. The highest BCUT2D eigenvalue weighted by atomic mass is 35.5. The molecule has 11 nitrogen and oxygen atoms in total. The van der Waals surface area contributed by atoms with Crippen molar-refractivity contribution in [1.29, 1.82) is 0 Å². The molecule has 6 rings (SSSR count). The van der Waals surface area contributed by atoms with Gasteiger partial charge >= 0.3 is 6.01 Å². The minimum Gasteiger partial charge on any atom is -0.481 e. The summed E-state index contributed by atoms with van der Waals surface area (Å²) in [6.45, 7) is 8.69. The van der Waals surface area contributed by atoms with Crippen LogP contribution in [0.15, 0.2) is 79.3 Å². The second-order valence-electron chi connectivity index (χ2n) is 11.5. The smallest absolute Gasteiger partial charge is 0.323 e. The number of piperazine rings is 2. The summed E-state index contributed by atoms with van der Waals surface area (Å²) in [6, 6.07) is 21.9. The first kappa shape index (κ1) is 36.8. The van der Waals surface area contributed by atoms with Crippen LogP contribution in [0.4, 0.5) is 0 Å². The van der Waals surface area contributed by atoms with E-state index >= 15 is 0 Å². The van der Waals surface area contributed by atoms with Gasteiger partial charge in [0.15, 0.2) is 0 Å². The zero-order valence-corrected chi connectivity index (χ0v) is 29.1. The molecule has 2 aromatic heterocycles. The maximum atomic E-state index is 13.5. The van der Waals surface area contributed by atoms with Crippen molar-refractivity contribution >= 4 is 30.7 Å². The van der Waals surface area contributed by atoms with Crippen LogP contribution >= 0.6 is 24.8 Å². The Morgan fingerprint density at radius 2 is 1.52 bits per heavy atom. The number of halogens is 2. The van der Waals surface area contributed by atoms with Gasteiger partial charge in [0.05, 0.1) is 32.1 Å². The number of benzene rings is 2. The summed E-state index contributed by atoms with van der Waals surface area (Å²) in [7, 11) is 1.61. The van der Waals surface area contributed by atoms with E-state index in [1.165, 1.54) is 11.1 Å². The minimum atomic E-state index is -0.0932. The number of hydrogen-bond donors (Lipinski definition) is 0. The van der Waals surface area contributed by atoms with Crippen molar-refractivity contribution in [1.82, 2.24) is 34.6 Å². The average molecular weight is 697 g/mol. The number of nitrogens with zero attached hydrogens (tertiary/aromatic N) is 7. The molecule has 0 spiro atoms. The molecule has 2 saturated heterocycles. The van der Waals surface area contributed by atoms with Gasteiger partial charge < -0.3 is 19.1 Å². The Balaban J connectivity index is 0.00000260. The Hall–Kier alpha value is -4.03. The van der Waals surface area contributed by atoms with Gasteiger partial charge in [0.1, 0.15) is 5.69 Å². The molecule has 256 valence electrons. The van der Waals surface area contributed by atoms with Crippen molar-refractivity contribution in [3.63, 3.8) is 0 Å². The molecule has 1 amide bonds. The van der Waals surface area contributed by atoms with Crippen LogP contribution in [0.25, 0.3) is 0 Å². The molecule has 0 bridgehead atoms. The minimum absolute atomic E-state index is 0. The maximum absolute atomic E-state index is 13.5. The molecule has 0 N–H and O–H groups in total. The second-order valence-corrected chi connectivity index (χ2v) is 11.5. The molecular weight excluding hydrogens is 653 g/mol. The van der Waals surface area contributed by atoms with E-state index in [9.17, 15) is 4.79 Å². The highest BCUT2D eigenvalue weighted by molar-refractivity contribution is 5.92. The van der Waals surface area contributed by atoms with Crippen molar-refractivity contribution in [2.75, 3.05) is 53.0 Å². The molecule has 2 atom stereocenters. The van der Waals surface area contributed by atoms with E-state index in [0.717, 1.165) is 25.2 Å². The van der Waals surface area contributed by atoms with Crippen molar-refractivity contribution in [3.05, 3.63) is 102 Å². The van der Waals surface area contributed by atoms with Crippen LogP contribution in [0.5, 0.6) is 17.8 Å².